The predicted molar refractivity (Wildman–Crippen MR) is 110 cm³/mol. The summed E-state index contributed by atoms with van der Waals surface area (Å²) in [6, 6.07) is 11.3. The van der Waals surface area contributed by atoms with Crippen molar-refractivity contribution in [2.24, 2.45) is 0 Å². The largest absolute Gasteiger partial charge is 0.493 e. The van der Waals surface area contributed by atoms with Crippen LogP contribution >= 0.6 is 23.2 Å². The molecule has 0 spiro atoms. The number of aliphatic hydroxyl groups is 1. The lowest BCUT2D eigenvalue weighted by molar-refractivity contribution is 0.284. The fraction of sp³-hybridized carbons (Fsp3) is 0.400. The first-order chi connectivity index (χ1) is 13.2. The Balaban J connectivity index is 1.91. The molecule has 0 amide bonds. The minimum Gasteiger partial charge on any atom is -0.493 e. The van der Waals surface area contributed by atoms with Crippen molar-refractivity contribution in [3.05, 3.63) is 57.6 Å². The van der Waals surface area contributed by atoms with E-state index >= 15 is 0 Å². The first-order valence-corrected chi connectivity index (χ1v) is 9.66. The van der Waals surface area contributed by atoms with Crippen molar-refractivity contribution in [1.29, 1.82) is 0 Å². The molecule has 27 heavy (non-hydrogen) atoms. The van der Waals surface area contributed by atoms with E-state index in [1.807, 2.05) is 36.4 Å². The zero-order valence-electron chi connectivity index (χ0n) is 15.4. The quantitative estimate of drug-likeness (QED) is 0.464. The average molecular weight is 413 g/mol. The highest BCUT2D eigenvalue weighted by molar-refractivity contribution is 6.32. The van der Waals surface area contributed by atoms with Gasteiger partial charge in [0.15, 0.2) is 11.5 Å². The normalized spacial score (nSPS) is 10.8. The van der Waals surface area contributed by atoms with Crippen LogP contribution < -0.4 is 20.1 Å². The van der Waals surface area contributed by atoms with E-state index in [0.717, 1.165) is 30.6 Å². The lowest BCUT2D eigenvalue weighted by atomic mass is 10.2. The van der Waals surface area contributed by atoms with Crippen LogP contribution in [0.1, 0.15) is 17.5 Å². The number of hydrogen-bond acceptors (Lipinski definition) is 5. The second-order valence-electron chi connectivity index (χ2n) is 5.99. The second kappa shape index (κ2) is 12.1. The molecule has 0 unspecified atom stereocenters. The number of nitrogens with one attached hydrogen (secondary N) is 2. The zero-order chi connectivity index (χ0) is 19.5. The molecule has 7 heteroatoms. The molecule has 2 rings (SSSR count). The van der Waals surface area contributed by atoms with Crippen LogP contribution in [0.2, 0.25) is 10.0 Å². The molecule has 0 bridgehead atoms. The number of rotatable bonds is 12. The topological polar surface area (TPSA) is 62.8 Å². The highest BCUT2D eigenvalue weighted by Crippen LogP contribution is 2.37. The van der Waals surface area contributed by atoms with Crippen LogP contribution in [0, 0.1) is 0 Å². The number of ether oxygens (including phenoxy) is 2. The Hall–Kier alpha value is -1.50. The number of halogens is 2. The van der Waals surface area contributed by atoms with E-state index in [-0.39, 0.29) is 6.61 Å². The van der Waals surface area contributed by atoms with Gasteiger partial charge in [0.25, 0.3) is 0 Å². The van der Waals surface area contributed by atoms with Crippen molar-refractivity contribution in [1.82, 2.24) is 10.6 Å². The molecule has 2 aromatic rings. The van der Waals surface area contributed by atoms with Gasteiger partial charge >= 0.3 is 0 Å². The van der Waals surface area contributed by atoms with Gasteiger partial charge in [0.05, 0.1) is 18.7 Å². The van der Waals surface area contributed by atoms with Crippen molar-refractivity contribution in [3.63, 3.8) is 0 Å². The van der Waals surface area contributed by atoms with E-state index in [1.165, 1.54) is 0 Å². The zero-order valence-corrected chi connectivity index (χ0v) is 16.9. The van der Waals surface area contributed by atoms with E-state index in [1.54, 1.807) is 7.11 Å². The first-order valence-electron chi connectivity index (χ1n) is 8.90. The van der Waals surface area contributed by atoms with E-state index in [0.29, 0.717) is 41.2 Å². The summed E-state index contributed by atoms with van der Waals surface area (Å²) < 4.78 is 11.3. The van der Waals surface area contributed by atoms with Crippen LogP contribution in [0.15, 0.2) is 36.4 Å². The van der Waals surface area contributed by atoms with Crippen LogP contribution in [0.25, 0.3) is 0 Å². The number of benzene rings is 2. The van der Waals surface area contributed by atoms with Crippen molar-refractivity contribution in [3.8, 4) is 11.5 Å². The maximum atomic E-state index is 8.71. The van der Waals surface area contributed by atoms with Gasteiger partial charge < -0.3 is 25.2 Å². The van der Waals surface area contributed by atoms with E-state index in [4.69, 9.17) is 37.8 Å². The van der Waals surface area contributed by atoms with Gasteiger partial charge in [0, 0.05) is 23.7 Å². The molecular formula is C20H26Cl2N2O3. The highest BCUT2D eigenvalue weighted by Gasteiger charge is 2.13. The SMILES string of the molecule is COc1cc(CNCCCNCCO)cc(Cl)c1OCc1ccccc1Cl. The average Bonchev–Trinajstić information content (AvgIpc) is 2.67. The van der Waals surface area contributed by atoms with Gasteiger partial charge in [0.1, 0.15) is 6.61 Å². The highest BCUT2D eigenvalue weighted by atomic mass is 35.5. The summed E-state index contributed by atoms with van der Waals surface area (Å²) in [4.78, 5) is 0. The Kier molecular flexibility index (Phi) is 9.73. The maximum Gasteiger partial charge on any atom is 0.180 e. The molecule has 5 nitrogen and oxygen atoms in total. The molecule has 0 saturated carbocycles. The summed E-state index contributed by atoms with van der Waals surface area (Å²) in [5.74, 6) is 1.10. The smallest absolute Gasteiger partial charge is 0.180 e. The molecule has 0 aliphatic heterocycles. The molecule has 0 atom stereocenters. The standard InChI is InChI=1S/C20H26Cl2N2O3/c1-26-19-12-15(13-24-8-4-7-23-9-10-25)11-18(22)20(19)27-14-16-5-2-3-6-17(16)21/h2-3,5-6,11-12,23-25H,4,7-10,13-14H2,1H3. The Labute approximate surface area is 170 Å². The number of hydrogen-bond donors (Lipinski definition) is 3. The van der Waals surface area contributed by atoms with Crippen molar-refractivity contribution in [2.75, 3.05) is 33.4 Å². The molecule has 0 saturated heterocycles. The molecule has 0 radical (unpaired) electrons. The van der Waals surface area contributed by atoms with E-state index < -0.39 is 0 Å². The minimum atomic E-state index is 0.163. The minimum absolute atomic E-state index is 0.163. The molecule has 0 aromatic heterocycles. The predicted octanol–water partition coefficient (Wildman–Crippen LogP) is 3.64. The Bertz CT molecular complexity index is 714. The van der Waals surface area contributed by atoms with Gasteiger partial charge in [0.2, 0.25) is 0 Å². The number of methoxy groups -OCH3 is 1. The summed E-state index contributed by atoms with van der Waals surface area (Å²) in [6.07, 6.45) is 0.976. The summed E-state index contributed by atoms with van der Waals surface area (Å²) >= 11 is 12.6. The number of aliphatic hydroxyl groups excluding tert-OH is 1. The third kappa shape index (κ3) is 7.20. The fourth-order valence-corrected chi connectivity index (χ4v) is 3.03. The molecule has 0 fully saturated rings. The van der Waals surface area contributed by atoms with Gasteiger partial charge in [-0.1, -0.05) is 41.4 Å². The monoisotopic (exact) mass is 412 g/mol. The molecule has 0 aliphatic carbocycles. The molecule has 3 N–H and O–H groups in total. The maximum absolute atomic E-state index is 8.71. The van der Waals surface area contributed by atoms with Gasteiger partial charge in [-0.3, -0.25) is 0 Å². The lowest BCUT2D eigenvalue weighted by Gasteiger charge is -2.15. The molecular weight excluding hydrogens is 387 g/mol. The lowest BCUT2D eigenvalue weighted by Crippen LogP contribution is -2.23. The van der Waals surface area contributed by atoms with Crippen molar-refractivity contribution < 1.29 is 14.6 Å². The summed E-state index contributed by atoms with van der Waals surface area (Å²) in [7, 11) is 1.60. The Morgan fingerprint density at radius 2 is 1.78 bits per heavy atom. The van der Waals surface area contributed by atoms with Gasteiger partial charge in [-0.05, 0) is 43.3 Å². The van der Waals surface area contributed by atoms with Crippen LogP contribution in [0.4, 0.5) is 0 Å². The van der Waals surface area contributed by atoms with Crippen LogP contribution in [-0.2, 0) is 13.2 Å². The van der Waals surface area contributed by atoms with Gasteiger partial charge in [-0.25, -0.2) is 0 Å². The van der Waals surface area contributed by atoms with Crippen LogP contribution in [0.3, 0.4) is 0 Å². The third-order valence-corrected chi connectivity index (χ3v) is 4.59. The Morgan fingerprint density at radius 1 is 1.00 bits per heavy atom. The summed E-state index contributed by atoms with van der Waals surface area (Å²) in [5, 5.41) is 16.4. The second-order valence-corrected chi connectivity index (χ2v) is 6.81. The Morgan fingerprint density at radius 3 is 2.52 bits per heavy atom. The first kappa shape index (κ1) is 21.8. The van der Waals surface area contributed by atoms with Gasteiger partial charge in [-0.2, -0.15) is 0 Å². The summed E-state index contributed by atoms with van der Waals surface area (Å²) in [5.41, 5.74) is 1.91. The fourth-order valence-electron chi connectivity index (χ4n) is 2.56. The van der Waals surface area contributed by atoms with E-state index in [9.17, 15) is 0 Å². The molecule has 0 heterocycles. The molecule has 2 aromatic carbocycles. The van der Waals surface area contributed by atoms with Crippen LogP contribution in [-0.4, -0.2) is 38.5 Å². The van der Waals surface area contributed by atoms with Crippen molar-refractivity contribution >= 4 is 23.2 Å². The van der Waals surface area contributed by atoms with Crippen LogP contribution in [0.5, 0.6) is 11.5 Å². The molecule has 148 valence electrons. The van der Waals surface area contributed by atoms with Crippen molar-refractivity contribution in [2.45, 2.75) is 19.6 Å². The van der Waals surface area contributed by atoms with Gasteiger partial charge in [-0.15, -0.1) is 0 Å². The third-order valence-electron chi connectivity index (χ3n) is 3.94. The molecule has 0 aliphatic rings. The van der Waals surface area contributed by atoms with E-state index in [2.05, 4.69) is 10.6 Å². The summed E-state index contributed by atoms with van der Waals surface area (Å²) in [6.45, 7) is 3.52.